The van der Waals surface area contributed by atoms with Crippen molar-refractivity contribution in [3.63, 3.8) is 0 Å². The number of aromatic nitrogens is 6. The Morgan fingerprint density at radius 1 is 1.14 bits per heavy atom. The van der Waals surface area contributed by atoms with E-state index in [4.69, 9.17) is 8.85 Å². The summed E-state index contributed by atoms with van der Waals surface area (Å²) < 4.78 is 85.5. The van der Waals surface area contributed by atoms with Crippen LogP contribution < -0.4 is 20.9 Å². The smallest absolute Gasteiger partial charge is 0.332 e. The lowest BCUT2D eigenvalue weighted by atomic mass is 10.2. The van der Waals surface area contributed by atoms with Gasteiger partial charge in [-0.15, -0.1) is 0 Å². The van der Waals surface area contributed by atoms with Crippen molar-refractivity contribution in [3.8, 4) is 5.88 Å². The number of hydrogen-bond acceptors (Lipinski definition) is 7. The quantitative estimate of drug-likeness (QED) is 0.281. The fraction of sp³-hybridized carbons (Fsp3) is 0.348. The third kappa shape index (κ3) is 4.42. The molecule has 0 radical (unpaired) electrons. The zero-order valence-electron chi connectivity index (χ0n) is 22.3. The second-order valence-corrected chi connectivity index (χ2v) is 8.45. The third-order valence-electron chi connectivity index (χ3n) is 6.03. The number of rotatable bonds is 6. The molecule has 0 amide bonds. The maximum atomic E-state index is 14.0. The third-order valence-corrected chi connectivity index (χ3v) is 6.03. The number of anilines is 1. The van der Waals surface area contributed by atoms with Gasteiger partial charge in [0, 0.05) is 23.7 Å². The van der Waals surface area contributed by atoms with E-state index in [2.05, 4.69) is 15.1 Å². The topological polar surface area (TPSA) is 100 Å². The molecule has 1 aliphatic rings. The van der Waals surface area contributed by atoms with Crippen molar-refractivity contribution in [2.75, 3.05) is 25.1 Å². The summed E-state index contributed by atoms with van der Waals surface area (Å²) in [6.07, 6.45) is 0.0335. The van der Waals surface area contributed by atoms with E-state index < -0.39 is 54.9 Å². The van der Waals surface area contributed by atoms with E-state index in [1.807, 2.05) is 0 Å². The number of aryl methyl sites for hydroxylation is 1. The largest absolute Gasteiger partial charge is 0.480 e. The Morgan fingerprint density at radius 2 is 1.89 bits per heavy atom. The van der Waals surface area contributed by atoms with Gasteiger partial charge in [0.2, 0.25) is 5.88 Å². The van der Waals surface area contributed by atoms with Gasteiger partial charge in [-0.05, 0) is 24.1 Å². The number of hydrogen-bond donors (Lipinski definition) is 0. The SMILES string of the molecule is [2H]C([2H])([2H])n1cnc(Cn2c(=O)c3c(OC)nc(N4CC[C@@H](F)C4)cc3n(Cc3cc(F)c(F)c(F)c3)c2=O)n1. The fourth-order valence-electron chi connectivity index (χ4n) is 4.30. The molecule has 4 heterocycles. The molecule has 14 heteroatoms. The molecule has 0 spiro atoms. The monoisotopic (exact) mass is 522 g/mol. The summed E-state index contributed by atoms with van der Waals surface area (Å²) in [5, 5.41) is 3.61. The molecule has 0 N–H and O–H groups in total. The highest BCUT2D eigenvalue weighted by Crippen LogP contribution is 2.28. The van der Waals surface area contributed by atoms with Crippen LogP contribution in [-0.2, 0) is 20.1 Å². The molecular formula is C23H21F4N7O3. The second kappa shape index (κ2) is 9.33. The Labute approximate surface area is 210 Å². The number of fused-ring (bicyclic) bond motifs is 1. The van der Waals surface area contributed by atoms with Crippen molar-refractivity contribution < 1.29 is 26.4 Å². The Morgan fingerprint density at radius 3 is 2.51 bits per heavy atom. The average molecular weight is 522 g/mol. The summed E-state index contributed by atoms with van der Waals surface area (Å²) in [5.74, 6) is -4.85. The summed E-state index contributed by atoms with van der Waals surface area (Å²) in [6.45, 7) is -3.43. The number of pyridine rings is 1. The summed E-state index contributed by atoms with van der Waals surface area (Å²) in [4.78, 5) is 37.1. The molecule has 1 fully saturated rings. The van der Waals surface area contributed by atoms with Crippen LogP contribution in [0.4, 0.5) is 23.4 Å². The summed E-state index contributed by atoms with van der Waals surface area (Å²) in [6, 6.07) is 2.78. The van der Waals surface area contributed by atoms with Crippen molar-refractivity contribution in [2.24, 2.45) is 6.98 Å². The summed E-state index contributed by atoms with van der Waals surface area (Å²) in [5.41, 5.74) is -2.05. The van der Waals surface area contributed by atoms with E-state index in [9.17, 15) is 27.2 Å². The van der Waals surface area contributed by atoms with Crippen molar-refractivity contribution in [1.82, 2.24) is 28.9 Å². The summed E-state index contributed by atoms with van der Waals surface area (Å²) >= 11 is 0. The number of benzene rings is 1. The van der Waals surface area contributed by atoms with Gasteiger partial charge in [0.1, 0.15) is 23.7 Å². The minimum Gasteiger partial charge on any atom is -0.480 e. The minimum atomic E-state index is -2.66. The number of ether oxygens (including phenoxy) is 1. The van der Waals surface area contributed by atoms with Gasteiger partial charge < -0.3 is 9.64 Å². The van der Waals surface area contributed by atoms with E-state index in [1.54, 1.807) is 4.90 Å². The van der Waals surface area contributed by atoms with Crippen LogP contribution in [0.25, 0.3) is 10.9 Å². The van der Waals surface area contributed by atoms with Crippen molar-refractivity contribution >= 4 is 16.7 Å². The van der Waals surface area contributed by atoms with Crippen LogP contribution in [0, 0.1) is 17.5 Å². The van der Waals surface area contributed by atoms with Gasteiger partial charge in [-0.2, -0.15) is 10.1 Å². The number of methoxy groups -OCH3 is 1. The lowest BCUT2D eigenvalue weighted by Gasteiger charge is -2.20. The van der Waals surface area contributed by atoms with Gasteiger partial charge in [-0.1, -0.05) is 0 Å². The van der Waals surface area contributed by atoms with E-state index in [-0.39, 0.29) is 47.0 Å². The van der Waals surface area contributed by atoms with E-state index in [1.165, 1.54) is 13.2 Å². The number of alkyl halides is 1. The lowest BCUT2D eigenvalue weighted by molar-refractivity contribution is 0.364. The molecule has 3 aromatic heterocycles. The highest BCUT2D eigenvalue weighted by atomic mass is 19.2. The van der Waals surface area contributed by atoms with Crippen LogP contribution >= 0.6 is 0 Å². The minimum absolute atomic E-state index is 0.00909. The van der Waals surface area contributed by atoms with Crippen LogP contribution in [-0.4, -0.2) is 55.3 Å². The predicted octanol–water partition coefficient (Wildman–Crippen LogP) is 1.76. The van der Waals surface area contributed by atoms with Gasteiger partial charge in [-0.3, -0.25) is 18.6 Å². The molecule has 4 aromatic rings. The lowest BCUT2D eigenvalue weighted by Crippen LogP contribution is -2.41. The molecule has 1 aromatic carbocycles. The van der Waals surface area contributed by atoms with E-state index in [0.717, 1.165) is 10.9 Å². The maximum Gasteiger partial charge on any atom is 0.332 e. The molecule has 10 nitrogen and oxygen atoms in total. The molecular weight excluding hydrogens is 498 g/mol. The Kier molecular flexibility index (Phi) is 5.28. The van der Waals surface area contributed by atoms with Crippen LogP contribution in [0.15, 0.2) is 34.1 Å². The zero-order valence-corrected chi connectivity index (χ0v) is 19.3. The van der Waals surface area contributed by atoms with Crippen LogP contribution in [0.5, 0.6) is 5.88 Å². The van der Waals surface area contributed by atoms with Crippen LogP contribution in [0.2, 0.25) is 0 Å². The number of halogens is 4. The Hall–Kier alpha value is -4.23. The number of nitrogens with zero attached hydrogens (tertiary/aromatic N) is 7. The molecule has 1 saturated heterocycles. The Balaban J connectivity index is 1.74. The molecule has 0 unspecified atom stereocenters. The van der Waals surface area contributed by atoms with Gasteiger partial charge in [-0.25, -0.2) is 27.3 Å². The van der Waals surface area contributed by atoms with Crippen molar-refractivity contribution in [3.05, 3.63) is 74.2 Å². The predicted molar refractivity (Wildman–Crippen MR) is 124 cm³/mol. The summed E-state index contributed by atoms with van der Waals surface area (Å²) in [7, 11) is 1.23. The highest BCUT2D eigenvalue weighted by molar-refractivity contribution is 5.85. The van der Waals surface area contributed by atoms with Crippen LogP contribution in [0.3, 0.4) is 0 Å². The fourth-order valence-corrected chi connectivity index (χ4v) is 4.30. The molecule has 1 aliphatic heterocycles. The first kappa shape index (κ1) is 20.9. The van der Waals surface area contributed by atoms with Gasteiger partial charge in [0.15, 0.2) is 23.3 Å². The van der Waals surface area contributed by atoms with E-state index >= 15 is 0 Å². The first-order chi connectivity index (χ1) is 18.9. The van der Waals surface area contributed by atoms with Gasteiger partial charge in [0.25, 0.3) is 5.56 Å². The van der Waals surface area contributed by atoms with Gasteiger partial charge >= 0.3 is 5.69 Å². The molecule has 1 atom stereocenters. The second-order valence-electron chi connectivity index (χ2n) is 8.45. The van der Waals surface area contributed by atoms with Crippen LogP contribution in [0.1, 0.15) is 21.9 Å². The first-order valence-electron chi connectivity index (χ1n) is 12.5. The normalized spacial score (nSPS) is 17.2. The standard InChI is InChI=1S/C23H21F4N7O3/c1-31-11-28-17(30-31)10-34-22(35)19-16(7-18(29-21(19)37-2)32-4-3-13(24)9-32)33(23(34)36)8-12-5-14(25)20(27)15(26)6-12/h5-7,11,13H,3-4,8-10H2,1-2H3/t13-/m1/s1/i1D3. The molecule has 37 heavy (non-hydrogen) atoms. The maximum absolute atomic E-state index is 14.0. The van der Waals surface area contributed by atoms with Crippen molar-refractivity contribution in [1.29, 1.82) is 0 Å². The molecule has 5 rings (SSSR count). The van der Waals surface area contributed by atoms with Crippen molar-refractivity contribution in [2.45, 2.75) is 25.7 Å². The average Bonchev–Trinajstić information content (AvgIpc) is 3.56. The molecule has 0 saturated carbocycles. The first-order valence-corrected chi connectivity index (χ1v) is 11.0. The Bertz CT molecular complexity index is 1710. The molecule has 194 valence electrons. The van der Waals surface area contributed by atoms with E-state index in [0.29, 0.717) is 27.9 Å². The zero-order chi connectivity index (χ0) is 28.9. The highest BCUT2D eigenvalue weighted by Gasteiger charge is 2.26. The molecule has 0 aliphatic carbocycles. The van der Waals surface area contributed by atoms with Gasteiger partial charge in [0.05, 0.1) is 32.3 Å². The molecule has 0 bridgehead atoms.